The molecule has 0 radical (unpaired) electrons. The number of carbonyl (C=O) groups is 2. The van der Waals surface area contributed by atoms with Crippen LogP contribution in [0.1, 0.15) is 31.2 Å². The zero-order valence-electron chi connectivity index (χ0n) is 14.1. The second-order valence-corrected chi connectivity index (χ2v) is 6.87. The molecule has 1 fully saturated rings. The highest BCUT2D eigenvalue weighted by molar-refractivity contribution is 6.30. The SMILES string of the molecule is O=C(COC(=O)C1(c2ccc(Cl)cc2)CCCC1)Nc1cccc(F)c1. The fourth-order valence-electron chi connectivity index (χ4n) is 3.39. The van der Waals surface area contributed by atoms with E-state index in [0.717, 1.165) is 18.4 Å². The van der Waals surface area contributed by atoms with Crippen molar-refractivity contribution in [3.05, 3.63) is 64.9 Å². The van der Waals surface area contributed by atoms with E-state index < -0.39 is 29.7 Å². The van der Waals surface area contributed by atoms with Crippen molar-refractivity contribution >= 4 is 29.2 Å². The summed E-state index contributed by atoms with van der Waals surface area (Å²) < 4.78 is 18.5. The number of esters is 1. The van der Waals surface area contributed by atoms with Crippen molar-refractivity contribution in [3.8, 4) is 0 Å². The van der Waals surface area contributed by atoms with Gasteiger partial charge >= 0.3 is 5.97 Å². The van der Waals surface area contributed by atoms with Crippen LogP contribution in [0.2, 0.25) is 5.02 Å². The minimum atomic E-state index is -0.732. The third-order valence-electron chi connectivity index (χ3n) is 4.69. The largest absolute Gasteiger partial charge is 0.455 e. The molecule has 0 saturated heterocycles. The van der Waals surface area contributed by atoms with Gasteiger partial charge in [-0.1, -0.05) is 42.6 Å². The minimum Gasteiger partial charge on any atom is -0.455 e. The summed E-state index contributed by atoms with van der Waals surface area (Å²) in [6.07, 6.45) is 3.21. The quantitative estimate of drug-likeness (QED) is 0.784. The van der Waals surface area contributed by atoms with Gasteiger partial charge < -0.3 is 10.1 Å². The molecule has 1 amide bonds. The lowest BCUT2D eigenvalue weighted by atomic mass is 9.79. The number of amides is 1. The first-order chi connectivity index (χ1) is 12.5. The molecule has 26 heavy (non-hydrogen) atoms. The predicted octanol–water partition coefficient (Wildman–Crippen LogP) is 4.47. The van der Waals surface area contributed by atoms with Crippen molar-refractivity contribution in [3.63, 3.8) is 0 Å². The maximum absolute atomic E-state index is 13.2. The maximum Gasteiger partial charge on any atom is 0.317 e. The van der Waals surface area contributed by atoms with E-state index in [0.29, 0.717) is 23.6 Å². The molecule has 0 spiro atoms. The molecule has 3 rings (SSSR count). The molecule has 2 aromatic carbocycles. The first-order valence-electron chi connectivity index (χ1n) is 8.48. The van der Waals surface area contributed by atoms with Gasteiger partial charge in [-0.05, 0) is 48.7 Å². The van der Waals surface area contributed by atoms with Crippen LogP contribution in [0.4, 0.5) is 10.1 Å². The Morgan fingerprint density at radius 2 is 1.81 bits per heavy atom. The molecule has 0 heterocycles. The molecular formula is C20H19ClFNO3. The normalized spacial score (nSPS) is 15.5. The number of rotatable bonds is 5. The second-order valence-electron chi connectivity index (χ2n) is 6.43. The van der Waals surface area contributed by atoms with Crippen LogP contribution in [0.25, 0.3) is 0 Å². The Morgan fingerprint density at radius 3 is 2.46 bits per heavy atom. The highest BCUT2D eigenvalue weighted by atomic mass is 35.5. The number of hydrogen-bond acceptors (Lipinski definition) is 3. The van der Waals surface area contributed by atoms with Gasteiger partial charge in [0.15, 0.2) is 6.61 Å². The lowest BCUT2D eigenvalue weighted by Gasteiger charge is -2.27. The van der Waals surface area contributed by atoms with Gasteiger partial charge in [0.25, 0.3) is 5.91 Å². The lowest BCUT2D eigenvalue weighted by Crippen LogP contribution is -2.36. The molecule has 0 aliphatic heterocycles. The summed E-state index contributed by atoms with van der Waals surface area (Å²) in [6.45, 7) is -0.412. The van der Waals surface area contributed by atoms with Crippen LogP contribution in [0.5, 0.6) is 0 Å². The fraction of sp³-hybridized carbons (Fsp3) is 0.300. The molecular weight excluding hydrogens is 357 g/mol. The molecule has 0 bridgehead atoms. The van der Waals surface area contributed by atoms with Crippen molar-refractivity contribution in [1.29, 1.82) is 0 Å². The number of benzene rings is 2. The molecule has 1 N–H and O–H groups in total. The zero-order chi connectivity index (χ0) is 18.6. The molecule has 1 saturated carbocycles. The van der Waals surface area contributed by atoms with Crippen molar-refractivity contribution < 1.29 is 18.7 Å². The highest BCUT2D eigenvalue weighted by Crippen LogP contribution is 2.42. The number of nitrogens with one attached hydrogen (secondary N) is 1. The maximum atomic E-state index is 13.2. The molecule has 2 aromatic rings. The third kappa shape index (κ3) is 4.05. The zero-order valence-corrected chi connectivity index (χ0v) is 14.9. The van der Waals surface area contributed by atoms with Crippen molar-refractivity contribution in [2.75, 3.05) is 11.9 Å². The van der Waals surface area contributed by atoms with Gasteiger partial charge in [0.1, 0.15) is 5.82 Å². The Balaban J connectivity index is 1.65. The van der Waals surface area contributed by atoms with Gasteiger partial charge in [-0.15, -0.1) is 0 Å². The van der Waals surface area contributed by atoms with Gasteiger partial charge in [0.2, 0.25) is 0 Å². The van der Waals surface area contributed by atoms with Crippen LogP contribution in [-0.2, 0) is 19.7 Å². The Labute approximate surface area is 156 Å². The Kier molecular flexibility index (Phi) is 5.57. The summed E-state index contributed by atoms with van der Waals surface area (Å²) in [5, 5.41) is 3.12. The molecule has 6 heteroatoms. The van der Waals surface area contributed by atoms with E-state index in [-0.39, 0.29) is 0 Å². The van der Waals surface area contributed by atoms with Gasteiger partial charge in [-0.3, -0.25) is 9.59 Å². The summed E-state index contributed by atoms with van der Waals surface area (Å²) in [7, 11) is 0. The summed E-state index contributed by atoms with van der Waals surface area (Å²) in [4.78, 5) is 24.8. The molecule has 0 aromatic heterocycles. The molecule has 0 atom stereocenters. The average Bonchev–Trinajstić information content (AvgIpc) is 3.11. The highest BCUT2D eigenvalue weighted by Gasteiger charge is 2.44. The second kappa shape index (κ2) is 7.87. The van der Waals surface area contributed by atoms with Crippen LogP contribution >= 0.6 is 11.6 Å². The number of carbonyl (C=O) groups excluding carboxylic acids is 2. The first kappa shape index (κ1) is 18.4. The molecule has 1 aliphatic carbocycles. The summed E-state index contributed by atoms with van der Waals surface area (Å²) >= 11 is 5.94. The van der Waals surface area contributed by atoms with E-state index in [1.165, 1.54) is 18.2 Å². The lowest BCUT2D eigenvalue weighted by molar-refractivity contribution is -0.153. The van der Waals surface area contributed by atoms with Crippen molar-refractivity contribution in [1.82, 2.24) is 0 Å². The van der Waals surface area contributed by atoms with Gasteiger partial charge in [-0.2, -0.15) is 0 Å². The van der Waals surface area contributed by atoms with Crippen LogP contribution in [-0.4, -0.2) is 18.5 Å². The number of anilines is 1. The average molecular weight is 376 g/mol. The van der Waals surface area contributed by atoms with E-state index in [2.05, 4.69) is 5.32 Å². The molecule has 1 aliphatic rings. The third-order valence-corrected chi connectivity index (χ3v) is 4.94. The number of hydrogen-bond donors (Lipinski definition) is 1. The topological polar surface area (TPSA) is 55.4 Å². The number of halogens is 2. The molecule has 0 unspecified atom stereocenters. The van der Waals surface area contributed by atoms with Crippen molar-refractivity contribution in [2.45, 2.75) is 31.1 Å². The summed E-state index contributed by atoms with van der Waals surface area (Å²) in [5.74, 6) is -1.37. The Hall–Kier alpha value is -2.40. The minimum absolute atomic E-state index is 0.319. The van der Waals surface area contributed by atoms with Gasteiger partial charge in [-0.25, -0.2) is 4.39 Å². The Morgan fingerprint density at radius 1 is 1.12 bits per heavy atom. The van der Waals surface area contributed by atoms with Gasteiger partial charge in [0, 0.05) is 10.7 Å². The van der Waals surface area contributed by atoms with E-state index in [4.69, 9.17) is 16.3 Å². The van der Waals surface area contributed by atoms with Crippen LogP contribution in [0.3, 0.4) is 0 Å². The smallest absolute Gasteiger partial charge is 0.317 e. The molecule has 136 valence electrons. The van der Waals surface area contributed by atoms with Crippen LogP contribution in [0, 0.1) is 5.82 Å². The summed E-state index contributed by atoms with van der Waals surface area (Å²) in [5.41, 5.74) is 0.443. The van der Waals surface area contributed by atoms with Crippen molar-refractivity contribution in [2.24, 2.45) is 0 Å². The fourth-order valence-corrected chi connectivity index (χ4v) is 3.52. The predicted molar refractivity (Wildman–Crippen MR) is 97.6 cm³/mol. The number of ether oxygens (including phenoxy) is 1. The van der Waals surface area contributed by atoms with Crippen LogP contribution in [0.15, 0.2) is 48.5 Å². The van der Waals surface area contributed by atoms with Crippen LogP contribution < -0.4 is 5.32 Å². The first-order valence-corrected chi connectivity index (χ1v) is 8.86. The van der Waals surface area contributed by atoms with E-state index in [1.54, 1.807) is 18.2 Å². The monoisotopic (exact) mass is 375 g/mol. The van der Waals surface area contributed by atoms with Gasteiger partial charge in [0.05, 0.1) is 5.41 Å². The van der Waals surface area contributed by atoms with E-state index in [1.807, 2.05) is 12.1 Å². The molecule has 4 nitrogen and oxygen atoms in total. The standard InChI is InChI=1S/C20H19ClFNO3/c21-15-8-6-14(7-9-15)20(10-1-2-11-20)19(25)26-13-18(24)23-17-5-3-4-16(22)12-17/h3-9,12H,1-2,10-11,13H2,(H,23,24). The Bertz CT molecular complexity index is 801. The summed E-state index contributed by atoms with van der Waals surface area (Å²) in [6, 6.07) is 12.7. The van der Waals surface area contributed by atoms with E-state index >= 15 is 0 Å². The van der Waals surface area contributed by atoms with E-state index in [9.17, 15) is 14.0 Å².